The minimum atomic E-state index is -4.38. The first-order valence-electron chi connectivity index (χ1n) is 4.91. The lowest BCUT2D eigenvalue weighted by molar-refractivity contribution is -0.137. The number of pyridine rings is 1. The van der Waals surface area contributed by atoms with E-state index in [2.05, 4.69) is 4.98 Å². The Morgan fingerprint density at radius 3 is 2.31 bits per heavy atom. The normalized spacial score (nSPS) is 18.2. The number of rotatable bonds is 2. The molecule has 0 bridgehead atoms. The van der Waals surface area contributed by atoms with Crippen LogP contribution in [0.2, 0.25) is 0 Å². The van der Waals surface area contributed by atoms with Crippen molar-refractivity contribution in [3.8, 4) is 0 Å². The Morgan fingerprint density at radius 2 is 2.00 bits per heavy atom. The molecule has 1 heterocycles. The van der Waals surface area contributed by atoms with Gasteiger partial charge in [0.15, 0.2) is 0 Å². The number of halogens is 3. The first-order valence-corrected chi connectivity index (χ1v) is 4.91. The molecule has 1 aromatic rings. The summed E-state index contributed by atoms with van der Waals surface area (Å²) in [6, 6.07) is 2.28. The van der Waals surface area contributed by atoms with Crippen molar-refractivity contribution in [2.24, 2.45) is 0 Å². The lowest BCUT2D eigenvalue weighted by atomic mass is 9.97. The highest BCUT2D eigenvalue weighted by atomic mass is 19.4. The van der Waals surface area contributed by atoms with Crippen LogP contribution in [0.15, 0.2) is 18.3 Å². The van der Waals surface area contributed by atoms with Crippen molar-refractivity contribution in [3.63, 3.8) is 0 Å². The number of carbonyl (C=O) groups is 1. The van der Waals surface area contributed by atoms with Gasteiger partial charge in [0, 0.05) is 6.20 Å². The third-order valence-electron chi connectivity index (χ3n) is 3.01. The van der Waals surface area contributed by atoms with E-state index in [1.54, 1.807) is 0 Å². The minimum Gasteiger partial charge on any atom is -0.299 e. The number of Topliss-reactive ketones (excluding diaryl/α,β-unsaturated/α-hetero) is 1. The number of ketones is 1. The molecule has 0 radical (unpaired) electrons. The highest BCUT2D eigenvalue weighted by molar-refractivity contribution is 5.90. The van der Waals surface area contributed by atoms with E-state index in [1.807, 2.05) is 0 Å². The van der Waals surface area contributed by atoms with Crippen molar-refractivity contribution in [3.05, 3.63) is 29.6 Å². The molecule has 0 saturated heterocycles. The third kappa shape index (κ3) is 1.70. The number of alkyl halides is 3. The van der Waals surface area contributed by atoms with Gasteiger partial charge in [0.1, 0.15) is 5.78 Å². The quantitative estimate of drug-likeness (QED) is 0.780. The second-order valence-electron chi connectivity index (χ2n) is 4.07. The molecule has 2 rings (SSSR count). The monoisotopic (exact) mass is 229 g/mol. The summed E-state index contributed by atoms with van der Waals surface area (Å²) in [6.45, 7) is 1.45. The maximum absolute atomic E-state index is 12.3. The van der Waals surface area contributed by atoms with Crippen molar-refractivity contribution < 1.29 is 18.0 Å². The largest absolute Gasteiger partial charge is 0.417 e. The van der Waals surface area contributed by atoms with E-state index in [1.165, 1.54) is 13.0 Å². The zero-order valence-corrected chi connectivity index (χ0v) is 8.64. The molecule has 1 aromatic heterocycles. The third-order valence-corrected chi connectivity index (χ3v) is 3.01. The molecule has 0 aromatic carbocycles. The molecule has 0 amide bonds. The minimum absolute atomic E-state index is 0.0280. The second-order valence-corrected chi connectivity index (χ2v) is 4.07. The Morgan fingerprint density at radius 1 is 1.38 bits per heavy atom. The molecule has 0 atom stereocenters. The SMILES string of the molecule is CC(=O)C1(c2ccc(C(F)(F)F)cn2)CC1. The summed E-state index contributed by atoms with van der Waals surface area (Å²) in [6.07, 6.45) is -2.22. The molecule has 0 unspecified atom stereocenters. The van der Waals surface area contributed by atoms with Gasteiger partial charge in [-0.25, -0.2) is 0 Å². The van der Waals surface area contributed by atoms with Gasteiger partial charge in [-0.3, -0.25) is 9.78 Å². The van der Waals surface area contributed by atoms with Crippen molar-refractivity contribution in [1.82, 2.24) is 4.98 Å². The van der Waals surface area contributed by atoms with Crippen LogP contribution in [-0.2, 0) is 16.4 Å². The smallest absolute Gasteiger partial charge is 0.299 e. The first-order chi connectivity index (χ1) is 7.36. The molecule has 1 saturated carbocycles. The number of aromatic nitrogens is 1. The summed E-state index contributed by atoms with van der Waals surface area (Å²) in [5.74, 6) is -0.0280. The van der Waals surface area contributed by atoms with Gasteiger partial charge in [-0.1, -0.05) is 0 Å². The first kappa shape index (κ1) is 11.1. The van der Waals surface area contributed by atoms with E-state index in [0.717, 1.165) is 12.3 Å². The summed E-state index contributed by atoms with van der Waals surface area (Å²) in [4.78, 5) is 15.1. The van der Waals surface area contributed by atoms with Crippen molar-refractivity contribution in [1.29, 1.82) is 0 Å². The van der Waals surface area contributed by atoms with Gasteiger partial charge in [0.2, 0.25) is 0 Å². The van der Waals surface area contributed by atoms with Crippen LogP contribution in [0, 0.1) is 0 Å². The maximum atomic E-state index is 12.3. The Kier molecular flexibility index (Phi) is 2.29. The fraction of sp³-hybridized carbons (Fsp3) is 0.455. The zero-order chi connectivity index (χ0) is 12.0. The Balaban J connectivity index is 2.31. The second kappa shape index (κ2) is 3.30. The molecule has 16 heavy (non-hydrogen) atoms. The Labute approximate surface area is 90.5 Å². The van der Waals surface area contributed by atoms with Crippen LogP contribution in [0.5, 0.6) is 0 Å². The topological polar surface area (TPSA) is 30.0 Å². The van der Waals surface area contributed by atoms with Gasteiger partial charge in [0.25, 0.3) is 0 Å². The molecule has 86 valence electrons. The van der Waals surface area contributed by atoms with E-state index in [-0.39, 0.29) is 5.78 Å². The zero-order valence-electron chi connectivity index (χ0n) is 8.64. The Bertz CT molecular complexity index is 418. The van der Waals surface area contributed by atoms with E-state index in [4.69, 9.17) is 0 Å². The Hall–Kier alpha value is -1.39. The van der Waals surface area contributed by atoms with E-state index in [0.29, 0.717) is 18.5 Å². The molecule has 1 aliphatic rings. The molecule has 5 heteroatoms. The highest BCUT2D eigenvalue weighted by Gasteiger charge is 2.50. The average molecular weight is 229 g/mol. The fourth-order valence-electron chi connectivity index (χ4n) is 1.76. The van der Waals surface area contributed by atoms with Crippen LogP contribution >= 0.6 is 0 Å². The number of carbonyl (C=O) groups excluding carboxylic acids is 1. The lowest BCUT2D eigenvalue weighted by Gasteiger charge is -2.12. The van der Waals surface area contributed by atoms with Gasteiger partial charge >= 0.3 is 6.18 Å². The van der Waals surface area contributed by atoms with E-state index < -0.39 is 17.2 Å². The summed E-state index contributed by atoms with van der Waals surface area (Å²) in [5, 5.41) is 0. The van der Waals surface area contributed by atoms with Gasteiger partial charge in [-0.15, -0.1) is 0 Å². The van der Waals surface area contributed by atoms with Gasteiger partial charge in [-0.05, 0) is 31.9 Å². The predicted molar refractivity (Wildman–Crippen MR) is 50.8 cm³/mol. The van der Waals surface area contributed by atoms with Gasteiger partial charge in [0.05, 0.1) is 16.7 Å². The van der Waals surface area contributed by atoms with Crippen LogP contribution in [0.25, 0.3) is 0 Å². The van der Waals surface area contributed by atoms with Crippen LogP contribution < -0.4 is 0 Å². The van der Waals surface area contributed by atoms with Crippen LogP contribution in [-0.4, -0.2) is 10.8 Å². The molecular formula is C11H10F3NO. The standard InChI is InChI=1S/C11H10F3NO/c1-7(16)10(4-5-10)9-3-2-8(6-15-9)11(12,13)14/h2-3,6H,4-5H2,1H3. The van der Waals surface area contributed by atoms with Gasteiger partial charge < -0.3 is 0 Å². The fourth-order valence-corrected chi connectivity index (χ4v) is 1.76. The van der Waals surface area contributed by atoms with Gasteiger partial charge in [-0.2, -0.15) is 13.2 Å². The van der Waals surface area contributed by atoms with E-state index >= 15 is 0 Å². The van der Waals surface area contributed by atoms with Crippen LogP contribution in [0.4, 0.5) is 13.2 Å². The highest BCUT2D eigenvalue weighted by Crippen LogP contribution is 2.48. The van der Waals surface area contributed by atoms with Crippen molar-refractivity contribution in [2.75, 3.05) is 0 Å². The van der Waals surface area contributed by atoms with Crippen LogP contribution in [0.3, 0.4) is 0 Å². The van der Waals surface area contributed by atoms with Crippen molar-refractivity contribution in [2.45, 2.75) is 31.4 Å². The molecule has 2 nitrogen and oxygen atoms in total. The summed E-state index contributed by atoms with van der Waals surface area (Å²) >= 11 is 0. The van der Waals surface area contributed by atoms with Crippen molar-refractivity contribution >= 4 is 5.78 Å². The molecule has 1 aliphatic carbocycles. The molecular weight excluding hydrogens is 219 g/mol. The average Bonchev–Trinajstić information content (AvgIpc) is 2.97. The molecule has 1 fully saturated rings. The number of nitrogens with zero attached hydrogens (tertiary/aromatic N) is 1. The number of hydrogen-bond acceptors (Lipinski definition) is 2. The summed E-state index contributed by atoms with van der Waals surface area (Å²) in [5.41, 5.74) is -0.937. The summed E-state index contributed by atoms with van der Waals surface area (Å²) in [7, 11) is 0. The number of hydrogen-bond donors (Lipinski definition) is 0. The molecule has 0 aliphatic heterocycles. The predicted octanol–water partition coefficient (Wildman–Crippen LogP) is 2.72. The molecule has 0 N–H and O–H groups in total. The maximum Gasteiger partial charge on any atom is 0.417 e. The molecule has 0 spiro atoms. The lowest BCUT2D eigenvalue weighted by Crippen LogP contribution is -2.19. The van der Waals surface area contributed by atoms with E-state index in [9.17, 15) is 18.0 Å². The van der Waals surface area contributed by atoms with Crippen LogP contribution in [0.1, 0.15) is 31.0 Å². The summed E-state index contributed by atoms with van der Waals surface area (Å²) < 4.78 is 36.9.